The standard InChI is InChI=1S/C18H17FN4O4/c1-12(10-17(24)20-11-13-2-6-15(19)7-3-13)21-22-18(25)14-4-8-16(9-5-14)23(26)27/h2-9H,10-11H2,1H3,(H,20,24)(H,22,25)/b21-12+. The van der Waals surface area contributed by atoms with Crippen molar-refractivity contribution in [2.24, 2.45) is 5.10 Å². The van der Waals surface area contributed by atoms with Crippen LogP contribution in [0.3, 0.4) is 0 Å². The Hall–Kier alpha value is -3.62. The van der Waals surface area contributed by atoms with Crippen LogP contribution in [0.1, 0.15) is 29.3 Å². The van der Waals surface area contributed by atoms with E-state index in [0.717, 1.165) is 5.56 Å². The molecule has 0 aliphatic carbocycles. The number of benzene rings is 2. The minimum atomic E-state index is -0.561. The summed E-state index contributed by atoms with van der Waals surface area (Å²) in [4.78, 5) is 33.8. The highest BCUT2D eigenvalue weighted by Crippen LogP contribution is 2.11. The van der Waals surface area contributed by atoms with Crippen molar-refractivity contribution in [1.82, 2.24) is 10.7 Å². The lowest BCUT2D eigenvalue weighted by Crippen LogP contribution is -2.26. The maximum absolute atomic E-state index is 12.8. The van der Waals surface area contributed by atoms with E-state index in [1.807, 2.05) is 0 Å². The quantitative estimate of drug-likeness (QED) is 0.442. The number of rotatable bonds is 7. The number of hydrazone groups is 1. The molecular formula is C18H17FN4O4. The summed E-state index contributed by atoms with van der Waals surface area (Å²) in [6.07, 6.45) is -0.0261. The Morgan fingerprint density at radius 2 is 1.74 bits per heavy atom. The molecule has 0 saturated carbocycles. The summed E-state index contributed by atoms with van der Waals surface area (Å²) >= 11 is 0. The van der Waals surface area contributed by atoms with Gasteiger partial charge in [-0.3, -0.25) is 19.7 Å². The Morgan fingerprint density at radius 3 is 2.33 bits per heavy atom. The Morgan fingerprint density at radius 1 is 1.11 bits per heavy atom. The molecule has 0 radical (unpaired) electrons. The van der Waals surface area contributed by atoms with Crippen LogP contribution in [0.4, 0.5) is 10.1 Å². The minimum Gasteiger partial charge on any atom is -0.352 e. The zero-order valence-corrected chi connectivity index (χ0v) is 14.4. The molecular weight excluding hydrogens is 355 g/mol. The van der Waals surface area contributed by atoms with Crippen LogP contribution in [0.25, 0.3) is 0 Å². The second-order valence-corrected chi connectivity index (χ2v) is 5.67. The molecule has 0 bridgehead atoms. The number of carbonyl (C=O) groups excluding carboxylic acids is 2. The maximum Gasteiger partial charge on any atom is 0.271 e. The fourth-order valence-electron chi connectivity index (χ4n) is 2.08. The highest BCUT2D eigenvalue weighted by Gasteiger charge is 2.09. The third-order valence-corrected chi connectivity index (χ3v) is 3.51. The van der Waals surface area contributed by atoms with E-state index in [2.05, 4.69) is 15.8 Å². The van der Waals surface area contributed by atoms with Gasteiger partial charge in [0.25, 0.3) is 11.6 Å². The molecule has 2 rings (SSSR count). The Labute approximate surface area is 154 Å². The fraction of sp³-hybridized carbons (Fsp3) is 0.167. The van der Waals surface area contributed by atoms with E-state index in [9.17, 15) is 24.1 Å². The van der Waals surface area contributed by atoms with Crippen LogP contribution in [-0.4, -0.2) is 22.4 Å². The summed E-state index contributed by atoms with van der Waals surface area (Å²) in [6, 6.07) is 10.8. The number of nitrogens with zero attached hydrogens (tertiary/aromatic N) is 2. The van der Waals surface area contributed by atoms with Gasteiger partial charge in [0, 0.05) is 30.0 Å². The van der Waals surface area contributed by atoms with Crippen LogP contribution >= 0.6 is 0 Å². The first-order chi connectivity index (χ1) is 12.8. The normalized spacial score (nSPS) is 11.0. The van der Waals surface area contributed by atoms with Gasteiger partial charge < -0.3 is 5.32 Å². The van der Waals surface area contributed by atoms with Crippen LogP contribution in [0.15, 0.2) is 53.6 Å². The summed E-state index contributed by atoms with van der Waals surface area (Å²) in [5.74, 6) is -1.20. The summed E-state index contributed by atoms with van der Waals surface area (Å²) in [7, 11) is 0. The van der Waals surface area contributed by atoms with Crippen molar-refractivity contribution in [2.45, 2.75) is 19.9 Å². The van der Waals surface area contributed by atoms with E-state index in [0.29, 0.717) is 5.71 Å². The molecule has 0 aromatic heterocycles. The molecule has 27 heavy (non-hydrogen) atoms. The number of non-ortho nitro benzene ring substituents is 1. The molecule has 8 nitrogen and oxygen atoms in total. The third-order valence-electron chi connectivity index (χ3n) is 3.51. The summed E-state index contributed by atoms with van der Waals surface area (Å²) in [5.41, 5.74) is 3.51. The molecule has 0 aliphatic heterocycles. The lowest BCUT2D eigenvalue weighted by molar-refractivity contribution is -0.384. The van der Waals surface area contributed by atoms with Crippen LogP contribution < -0.4 is 10.7 Å². The number of hydrogen-bond acceptors (Lipinski definition) is 5. The van der Waals surface area contributed by atoms with Crippen molar-refractivity contribution < 1.29 is 18.9 Å². The van der Waals surface area contributed by atoms with Gasteiger partial charge in [-0.25, -0.2) is 9.82 Å². The third kappa shape index (κ3) is 6.31. The maximum atomic E-state index is 12.8. The van der Waals surface area contributed by atoms with E-state index in [-0.39, 0.29) is 35.9 Å². The molecule has 0 fully saturated rings. The van der Waals surface area contributed by atoms with E-state index in [4.69, 9.17) is 0 Å². The second-order valence-electron chi connectivity index (χ2n) is 5.67. The predicted octanol–water partition coefficient (Wildman–Crippen LogP) is 2.55. The van der Waals surface area contributed by atoms with Gasteiger partial charge in [0.05, 0.1) is 11.3 Å². The topological polar surface area (TPSA) is 114 Å². The second kappa shape index (κ2) is 9.18. The molecule has 0 heterocycles. The van der Waals surface area contributed by atoms with Crippen LogP contribution in [-0.2, 0) is 11.3 Å². The highest BCUT2D eigenvalue weighted by molar-refractivity contribution is 6.01. The number of nitro groups is 1. The fourth-order valence-corrected chi connectivity index (χ4v) is 2.08. The summed E-state index contributed by atoms with van der Waals surface area (Å²) in [5, 5.41) is 17.1. The van der Waals surface area contributed by atoms with Gasteiger partial charge in [-0.15, -0.1) is 0 Å². The van der Waals surface area contributed by atoms with Crippen LogP contribution in [0, 0.1) is 15.9 Å². The van der Waals surface area contributed by atoms with Gasteiger partial charge in [0.2, 0.25) is 5.91 Å². The van der Waals surface area contributed by atoms with Crippen molar-refractivity contribution in [3.63, 3.8) is 0 Å². The zero-order chi connectivity index (χ0) is 19.8. The van der Waals surface area contributed by atoms with Crippen LogP contribution in [0.2, 0.25) is 0 Å². The van der Waals surface area contributed by atoms with Crippen molar-refractivity contribution in [2.75, 3.05) is 0 Å². The Kier molecular flexibility index (Phi) is 6.70. The molecule has 0 saturated heterocycles. The monoisotopic (exact) mass is 372 g/mol. The molecule has 140 valence electrons. The summed E-state index contributed by atoms with van der Waals surface area (Å²) in [6.45, 7) is 1.83. The Bertz CT molecular complexity index is 864. The van der Waals surface area contributed by atoms with Crippen molar-refractivity contribution in [3.05, 3.63) is 75.6 Å². The first-order valence-corrected chi connectivity index (χ1v) is 7.94. The largest absolute Gasteiger partial charge is 0.352 e. The lowest BCUT2D eigenvalue weighted by Gasteiger charge is -2.06. The van der Waals surface area contributed by atoms with Crippen molar-refractivity contribution in [1.29, 1.82) is 0 Å². The number of hydrogen-bond donors (Lipinski definition) is 2. The molecule has 0 spiro atoms. The van der Waals surface area contributed by atoms with E-state index in [1.54, 1.807) is 19.1 Å². The van der Waals surface area contributed by atoms with Crippen LogP contribution in [0.5, 0.6) is 0 Å². The number of amides is 2. The predicted molar refractivity (Wildman–Crippen MR) is 96.5 cm³/mol. The molecule has 0 atom stereocenters. The lowest BCUT2D eigenvalue weighted by atomic mass is 10.2. The Balaban J connectivity index is 1.81. The molecule has 2 amide bonds. The molecule has 9 heteroatoms. The zero-order valence-electron chi connectivity index (χ0n) is 14.4. The van der Waals surface area contributed by atoms with Gasteiger partial charge in [-0.2, -0.15) is 5.10 Å². The van der Waals surface area contributed by atoms with Gasteiger partial charge >= 0.3 is 0 Å². The number of nitrogens with one attached hydrogen (secondary N) is 2. The van der Waals surface area contributed by atoms with Crippen molar-refractivity contribution in [3.8, 4) is 0 Å². The minimum absolute atomic E-state index is 0.0261. The average Bonchev–Trinajstić information content (AvgIpc) is 2.65. The van der Waals surface area contributed by atoms with E-state index in [1.165, 1.54) is 36.4 Å². The van der Waals surface area contributed by atoms with Crippen molar-refractivity contribution >= 4 is 23.2 Å². The smallest absolute Gasteiger partial charge is 0.271 e. The number of carbonyl (C=O) groups is 2. The number of halogens is 1. The first kappa shape index (κ1) is 19.7. The molecule has 2 aromatic rings. The van der Waals surface area contributed by atoms with Gasteiger partial charge in [0.1, 0.15) is 5.82 Å². The number of nitro benzene ring substituents is 1. The first-order valence-electron chi connectivity index (χ1n) is 7.94. The van der Waals surface area contributed by atoms with Gasteiger partial charge in [0.15, 0.2) is 0 Å². The van der Waals surface area contributed by atoms with E-state index >= 15 is 0 Å². The molecule has 0 unspecified atom stereocenters. The summed E-state index contributed by atoms with van der Waals surface area (Å²) < 4.78 is 12.8. The van der Waals surface area contributed by atoms with E-state index < -0.39 is 10.8 Å². The molecule has 0 aliphatic rings. The molecule has 2 N–H and O–H groups in total. The molecule has 2 aromatic carbocycles. The highest BCUT2D eigenvalue weighted by atomic mass is 19.1. The van der Waals surface area contributed by atoms with Gasteiger partial charge in [-0.1, -0.05) is 12.1 Å². The average molecular weight is 372 g/mol. The SMILES string of the molecule is C/C(CC(=O)NCc1ccc(F)cc1)=N\NC(=O)c1ccc([N+](=O)[O-])cc1. The van der Waals surface area contributed by atoms with Gasteiger partial charge in [-0.05, 0) is 36.8 Å².